The molecular formula is C8H13N3O. The molecule has 4 nitrogen and oxygen atoms in total. The van der Waals surface area contributed by atoms with Crippen molar-refractivity contribution in [1.29, 1.82) is 0 Å². The summed E-state index contributed by atoms with van der Waals surface area (Å²) in [6.45, 7) is 4.15. The lowest BCUT2D eigenvalue weighted by Crippen LogP contribution is -2.24. The number of likely N-dealkylation sites (N-methyl/N-ethyl adjacent to an activating group) is 1. The summed E-state index contributed by atoms with van der Waals surface area (Å²) in [5, 5.41) is 6.70. The molecule has 0 spiro atoms. The molecule has 0 unspecified atom stereocenters. The van der Waals surface area contributed by atoms with Crippen molar-refractivity contribution in [2.75, 3.05) is 7.05 Å². The van der Waals surface area contributed by atoms with Crippen LogP contribution in [0.3, 0.4) is 0 Å². The van der Waals surface area contributed by atoms with E-state index in [0.717, 1.165) is 11.4 Å². The summed E-state index contributed by atoms with van der Waals surface area (Å²) in [6.07, 6.45) is 0. The van der Waals surface area contributed by atoms with Crippen molar-refractivity contribution in [2.45, 2.75) is 20.4 Å². The van der Waals surface area contributed by atoms with E-state index in [1.165, 1.54) is 0 Å². The third kappa shape index (κ3) is 1.84. The van der Waals surface area contributed by atoms with Crippen LogP contribution in [0.1, 0.15) is 11.4 Å². The van der Waals surface area contributed by atoms with Gasteiger partial charge in [-0.2, -0.15) is 5.10 Å². The molecule has 0 aliphatic carbocycles. The van der Waals surface area contributed by atoms with Crippen molar-refractivity contribution in [3.8, 4) is 0 Å². The zero-order valence-corrected chi connectivity index (χ0v) is 7.59. The Morgan fingerprint density at radius 3 is 2.75 bits per heavy atom. The largest absolute Gasteiger partial charge is 0.358 e. The number of aromatic nitrogens is 2. The Bertz CT molecular complexity index is 290. The van der Waals surface area contributed by atoms with Gasteiger partial charge in [-0.05, 0) is 19.9 Å². The molecule has 0 fully saturated rings. The van der Waals surface area contributed by atoms with Crippen molar-refractivity contribution in [3.63, 3.8) is 0 Å². The topological polar surface area (TPSA) is 46.9 Å². The molecule has 4 heteroatoms. The van der Waals surface area contributed by atoms with Crippen LogP contribution < -0.4 is 5.32 Å². The summed E-state index contributed by atoms with van der Waals surface area (Å²) in [7, 11) is 1.62. The lowest BCUT2D eigenvalue weighted by molar-refractivity contribution is -0.121. The van der Waals surface area contributed by atoms with Crippen LogP contribution in [0.2, 0.25) is 0 Å². The third-order valence-corrected chi connectivity index (χ3v) is 1.68. The average Bonchev–Trinajstić information content (AvgIpc) is 2.30. The van der Waals surface area contributed by atoms with Crippen molar-refractivity contribution in [2.24, 2.45) is 0 Å². The Morgan fingerprint density at radius 2 is 2.33 bits per heavy atom. The zero-order valence-electron chi connectivity index (χ0n) is 7.59. The van der Waals surface area contributed by atoms with E-state index in [-0.39, 0.29) is 5.91 Å². The fourth-order valence-corrected chi connectivity index (χ4v) is 1.05. The maximum atomic E-state index is 11.0. The van der Waals surface area contributed by atoms with Crippen molar-refractivity contribution >= 4 is 5.91 Å². The molecule has 0 atom stereocenters. The summed E-state index contributed by atoms with van der Waals surface area (Å²) in [6, 6.07) is 1.95. The summed E-state index contributed by atoms with van der Waals surface area (Å²) in [5.41, 5.74) is 1.95. The van der Waals surface area contributed by atoms with Crippen LogP contribution in [0.25, 0.3) is 0 Å². The Labute approximate surface area is 71.6 Å². The van der Waals surface area contributed by atoms with Crippen LogP contribution in [0.5, 0.6) is 0 Å². The molecule has 66 valence electrons. The third-order valence-electron chi connectivity index (χ3n) is 1.68. The minimum Gasteiger partial charge on any atom is -0.358 e. The van der Waals surface area contributed by atoms with E-state index in [1.807, 2.05) is 19.9 Å². The molecule has 0 radical (unpaired) electrons. The first-order chi connectivity index (χ1) is 5.63. The van der Waals surface area contributed by atoms with Gasteiger partial charge in [-0.3, -0.25) is 9.48 Å². The van der Waals surface area contributed by atoms with E-state index in [4.69, 9.17) is 0 Å². The molecule has 0 aliphatic heterocycles. The van der Waals surface area contributed by atoms with Gasteiger partial charge in [0.2, 0.25) is 5.91 Å². The predicted octanol–water partition coefficient (Wildman–Crippen LogP) is 0.246. The second kappa shape index (κ2) is 3.38. The molecule has 0 saturated heterocycles. The standard InChI is InChI=1S/C8H13N3O/c1-6-4-7(2)11(10-6)5-8(12)9-3/h4H,5H2,1-3H3,(H,9,12). The Kier molecular flexibility index (Phi) is 2.47. The number of carbonyl (C=O) groups excluding carboxylic acids is 1. The summed E-state index contributed by atoms with van der Waals surface area (Å²) in [5.74, 6) is -0.0267. The first-order valence-corrected chi connectivity index (χ1v) is 3.85. The lowest BCUT2D eigenvalue weighted by Gasteiger charge is -2.01. The fraction of sp³-hybridized carbons (Fsp3) is 0.500. The van der Waals surface area contributed by atoms with E-state index in [2.05, 4.69) is 10.4 Å². The summed E-state index contributed by atoms with van der Waals surface area (Å²) in [4.78, 5) is 11.0. The number of nitrogens with zero attached hydrogens (tertiary/aromatic N) is 2. The minimum atomic E-state index is -0.0267. The van der Waals surface area contributed by atoms with Crippen LogP contribution in [-0.2, 0) is 11.3 Å². The highest BCUT2D eigenvalue weighted by Crippen LogP contribution is 2.00. The smallest absolute Gasteiger partial charge is 0.241 e. The molecule has 0 bridgehead atoms. The summed E-state index contributed by atoms with van der Waals surface area (Å²) < 4.78 is 1.69. The molecule has 1 heterocycles. The van der Waals surface area contributed by atoms with Crippen molar-refractivity contribution in [3.05, 3.63) is 17.5 Å². The molecule has 1 aromatic heterocycles. The monoisotopic (exact) mass is 167 g/mol. The molecule has 1 rings (SSSR count). The van der Waals surface area contributed by atoms with E-state index in [0.29, 0.717) is 6.54 Å². The molecule has 0 saturated carbocycles. The maximum Gasteiger partial charge on any atom is 0.241 e. The molecule has 0 aromatic carbocycles. The van der Waals surface area contributed by atoms with Gasteiger partial charge in [-0.25, -0.2) is 0 Å². The highest BCUT2D eigenvalue weighted by atomic mass is 16.1. The van der Waals surface area contributed by atoms with Gasteiger partial charge in [0.25, 0.3) is 0 Å². The molecule has 1 N–H and O–H groups in total. The second-order valence-corrected chi connectivity index (χ2v) is 2.76. The highest BCUT2D eigenvalue weighted by molar-refractivity contribution is 5.75. The second-order valence-electron chi connectivity index (χ2n) is 2.76. The first kappa shape index (κ1) is 8.77. The number of amides is 1. The number of hydrogen-bond donors (Lipinski definition) is 1. The molecule has 1 aromatic rings. The highest BCUT2D eigenvalue weighted by Gasteiger charge is 2.04. The van der Waals surface area contributed by atoms with Gasteiger partial charge in [0.1, 0.15) is 6.54 Å². The van der Waals surface area contributed by atoms with Gasteiger partial charge in [0.05, 0.1) is 5.69 Å². The SMILES string of the molecule is CNC(=O)Cn1nc(C)cc1C. The normalized spacial score (nSPS) is 9.92. The van der Waals surface area contributed by atoms with Gasteiger partial charge < -0.3 is 5.32 Å². The quantitative estimate of drug-likeness (QED) is 0.686. The maximum absolute atomic E-state index is 11.0. The lowest BCUT2D eigenvalue weighted by atomic mass is 10.4. The van der Waals surface area contributed by atoms with Gasteiger partial charge in [-0.15, -0.1) is 0 Å². The van der Waals surface area contributed by atoms with E-state index >= 15 is 0 Å². The predicted molar refractivity (Wildman–Crippen MR) is 45.8 cm³/mol. The molecule has 12 heavy (non-hydrogen) atoms. The first-order valence-electron chi connectivity index (χ1n) is 3.85. The fourth-order valence-electron chi connectivity index (χ4n) is 1.05. The number of aryl methyl sites for hydroxylation is 2. The number of rotatable bonds is 2. The van der Waals surface area contributed by atoms with E-state index in [1.54, 1.807) is 11.7 Å². The van der Waals surface area contributed by atoms with Gasteiger partial charge in [-0.1, -0.05) is 0 Å². The van der Waals surface area contributed by atoms with Crippen LogP contribution in [0.15, 0.2) is 6.07 Å². The number of nitrogens with one attached hydrogen (secondary N) is 1. The van der Waals surface area contributed by atoms with Crippen LogP contribution >= 0.6 is 0 Å². The van der Waals surface area contributed by atoms with Crippen LogP contribution in [0, 0.1) is 13.8 Å². The van der Waals surface area contributed by atoms with Crippen LogP contribution in [-0.4, -0.2) is 22.7 Å². The number of carbonyl (C=O) groups is 1. The van der Waals surface area contributed by atoms with Crippen molar-refractivity contribution < 1.29 is 4.79 Å². The molecular weight excluding hydrogens is 154 g/mol. The van der Waals surface area contributed by atoms with Gasteiger partial charge in [0, 0.05) is 12.7 Å². The summed E-state index contributed by atoms with van der Waals surface area (Å²) >= 11 is 0. The zero-order chi connectivity index (χ0) is 9.14. The van der Waals surface area contributed by atoms with Crippen molar-refractivity contribution in [1.82, 2.24) is 15.1 Å². The van der Waals surface area contributed by atoms with Gasteiger partial charge >= 0.3 is 0 Å². The Morgan fingerprint density at radius 1 is 1.67 bits per heavy atom. The number of hydrogen-bond acceptors (Lipinski definition) is 2. The molecule has 0 aliphatic rings. The minimum absolute atomic E-state index is 0.0267. The van der Waals surface area contributed by atoms with E-state index < -0.39 is 0 Å². The van der Waals surface area contributed by atoms with Gasteiger partial charge in [0.15, 0.2) is 0 Å². The molecule has 1 amide bonds. The Balaban J connectivity index is 2.75. The Hall–Kier alpha value is -1.32. The average molecular weight is 167 g/mol. The van der Waals surface area contributed by atoms with E-state index in [9.17, 15) is 4.79 Å². The van der Waals surface area contributed by atoms with Crippen LogP contribution in [0.4, 0.5) is 0 Å².